The number of methoxy groups -OCH3 is 1. The van der Waals surface area contributed by atoms with Crippen molar-refractivity contribution in [1.29, 1.82) is 0 Å². The van der Waals surface area contributed by atoms with Crippen LogP contribution in [0, 0.1) is 0 Å². The monoisotopic (exact) mass is 268 g/mol. The van der Waals surface area contributed by atoms with E-state index in [0.29, 0.717) is 0 Å². The summed E-state index contributed by atoms with van der Waals surface area (Å²) in [4.78, 5) is 0. The Kier molecular flexibility index (Phi) is 2.83. The quantitative estimate of drug-likeness (QED) is 0.804. The lowest BCUT2D eigenvalue weighted by molar-refractivity contribution is -0.200. The molecule has 20 heavy (non-hydrogen) atoms. The van der Waals surface area contributed by atoms with Crippen LogP contribution in [-0.2, 0) is 15.9 Å². The maximum Gasteiger partial charge on any atom is 0.193 e. The van der Waals surface area contributed by atoms with Crippen molar-refractivity contribution in [2.24, 2.45) is 0 Å². The van der Waals surface area contributed by atoms with E-state index >= 15 is 0 Å². The Hall–Kier alpha value is -1.38. The fraction of sp³-hybridized carbons (Fsp3) is 0.444. The maximum atomic E-state index is 6.27. The van der Waals surface area contributed by atoms with Crippen LogP contribution in [0.5, 0.6) is 0 Å². The zero-order valence-corrected chi connectivity index (χ0v) is 11.9. The molecule has 104 valence electrons. The maximum absolute atomic E-state index is 6.27. The molecule has 0 saturated heterocycles. The van der Waals surface area contributed by atoms with E-state index in [-0.39, 0.29) is 6.10 Å². The van der Waals surface area contributed by atoms with Crippen LogP contribution in [0.2, 0.25) is 0 Å². The predicted molar refractivity (Wildman–Crippen MR) is 78.3 cm³/mol. The van der Waals surface area contributed by atoms with Crippen molar-refractivity contribution in [3.63, 3.8) is 0 Å². The highest BCUT2D eigenvalue weighted by Crippen LogP contribution is 2.50. The van der Waals surface area contributed by atoms with Crippen molar-refractivity contribution < 1.29 is 9.47 Å². The molecule has 3 aliphatic rings. The van der Waals surface area contributed by atoms with Crippen LogP contribution in [0.3, 0.4) is 0 Å². The molecule has 2 aliphatic heterocycles. The standard InChI is InChI=1S/C18H20O2/c1-19-18-11-14-9-5-6-10-15(14)17(20-18)16(12-18)13-7-3-2-4-8-13/h5-7,9-10,12,17H,2-4,8,11H2,1H3/t17-,18+/m1/s1. The zero-order chi connectivity index (χ0) is 13.6. The molecule has 1 aromatic rings. The fourth-order valence-corrected chi connectivity index (χ4v) is 3.69. The second-order valence-electron chi connectivity index (χ2n) is 5.96. The Labute approximate surface area is 120 Å². The first kappa shape index (κ1) is 12.4. The molecular weight excluding hydrogens is 248 g/mol. The van der Waals surface area contributed by atoms with Crippen molar-refractivity contribution in [2.45, 2.75) is 44.0 Å². The molecule has 2 heteroatoms. The van der Waals surface area contributed by atoms with Crippen LogP contribution in [0.25, 0.3) is 0 Å². The zero-order valence-electron chi connectivity index (χ0n) is 11.9. The van der Waals surface area contributed by atoms with E-state index in [2.05, 4.69) is 36.4 Å². The van der Waals surface area contributed by atoms with E-state index < -0.39 is 5.79 Å². The van der Waals surface area contributed by atoms with Gasteiger partial charge in [0, 0.05) is 13.5 Å². The van der Waals surface area contributed by atoms with Crippen LogP contribution < -0.4 is 0 Å². The summed E-state index contributed by atoms with van der Waals surface area (Å²) in [7, 11) is 1.75. The minimum absolute atomic E-state index is 0.0595. The van der Waals surface area contributed by atoms with Crippen molar-refractivity contribution in [3.8, 4) is 0 Å². The van der Waals surface area contributed by atoms with Crippen LogP contribution in [0.4, 0.5) is 0 Å². The van der Waals surface area contributed by atoms with Gasteiger partial charge < -0.3 is 9.47 Å². The van der Waals surface area contributed by atoms with Crippen LogP contribution >= 0.6 is 0 Å². The molecule has 1 aromatic carbocycles. The molecule has 2 bridgehead atoms. The highest BCUT2D eigenvalue weighted by Gasteiger charge is 2.46. The van der Waals surface area contributed by atoms with Gasteiger partial charge in [0.15, 0.2) is 5.79 Å². The first-order valence-electron chi connectivity index (χ1n) is 7.54. The van der Waals surface area contributed by atoms with Crippen LogP contribution in [0.1, 0.15) is 42.9 Å². The lowest BCUT2D eigenvalue weighted by atomic mass is 9.88. The van der Waals surface area contributed by atoms with Gasteiger partial charge in [-0.2, -0.15) is 0 Å². The van der Waals surface area contributed by atoms with Gasteiger partial charge in [0.2, 0.25) is 0 Å². The van der Waals surface area contributed by atoms with Crippen molar-refractivity contribution in [2.75, 3.05) is 7.11 Å². The molecule has 0 aromatic heterocycles. The number of fused-ring (bicyclic) bond motifs is 4. The summed E-state index contributed by atoms with van der Waals surface area (Å²) < 4.78 is 12.0. The largest absolute Gasteiger partial charge is 0.349 e. The molecule has 2 heterocycles. The molecule has 0 radical (unpaired) electrons. The molecule has 0 amide bonds. The van der Waals surface area contributed by atoms with E-state index in [0.717, 1.165) is 6.42 Å². The molecule has 2 nitrogen and oxygen atoms in total. The van der Waals surface area contributed by atoms with Gasteiger partial charge in [-0.15, -0.1) is 0 Å². The lowest BCUT2D eigenvalue weighted by Crippen LogP contribution is -2.36. The Balaban J connectivity index is 1.81. The second-order valence-corrected chi connectivity index (χ2v) is 5.96. The van der Waals surface area contributed by atoms with Gasteiger partial charge in [-0.3, -0.25) is 0 Å². The molecular formula is C18H20O2. The highest BCUT2D eigenvalue weighted by atomic mass is 16.7. The minimum Gasteiger partial charge on any atom is -0.349 e. The molecule has 0 saturated carbocycles. The fourth-order valence-electron chi connectivity index (χ4n) is 3.69. The minimum atomic E-state index is -0.549. The third-order valence-corrected chi connectivity index (χ3v) is 4.76. The molecule has 0 spiro atoms. The summed E-state index contributed by atoms with van der Waals surface area (Å²) in [6.45, 7) is 0. The number of allylic oxidation sites excluding steroid dienone is 1. The van der Waals surface area contributed by atoms with Gasteiger partial charge in [0.05, 0.1) is 0 Å². The predicted octanol–water partition coefficient (Wildman–Crippen LogP) is 4.08. The Morgan fingerprint density at radius 3 is 2.95 bits per heavy atom. The number of benzene rings is 1. The third-order valence-electron chi connectivity index (χ3n) is 4.76. The molecule has 0 fully saturated rings. The summed E-state index contributed by atoms with van der Waals surface area (Å²) in [5.74, 6) is -0.549. The van der Waals surface area contributed by atoms with Gasteiger partial charge >= 0.3 is 0 Å². The Morgan fingerprint density at radius 1 is 1.25 bits per heavy atom. The summed E-state index contributed by atoms with van der Waals surface area (Å²) in [6, 6.07) is 8.60. The second kappa shape index (κ2) is 4.57. The average Bonchev–Trinajstić information content (AvgIpc) is 2.83. The van der Waals surface area contributed by atoms with Gasteiger partial charge in [0.1, 0.15) is 6.10 Å². The molecule has 0 unspecified atom stereocenters. The number of hydrogen-bond donors (Lipinski definition) is 0. The number of ether oxygens (including phenoxy) is 2. The molecule has 2 atom stereocenters. The van der Waals surface area contributed by atoms with E-state index in [1.165, 1.54) is 48.0 Å². The Bertz CT molecular complexity index is 599. The summed E-state index contributed by atoms with van der Waals surface area (Å²) >= 11 is 0. The van der Waals surface area contributed by atoms with Crippen LogP contribution in [-0.4, -0.2) is 12.9 Å². The van der Waals surface area contributed by atoms with Gasteiger partial charge in [0.25, 0.3) is 0 Å². The first-order chi connectivity index (χ1) is 9.81. The smallest absolute Gasteiger partial charge is 0.193 e. The topological polar surface area (TPSA) is 18.5 Å². The Morgan fingerprint density at radius 2 is 2.15 bits per heavy atom. The molecule has 1 aliphatic carbocycles. The highest BCUT2D eigenvalue weighted by molar-refractivity contribution is 5.49. The summed E-state index contributed by atoms with van der Waals surface area (Å²) in [5.41, 5.74) is 5.48. The number of rotatable bonds is 2. The van der Waals surface area contributed by atoms with Crippen molar-refractivity contribution in [3.05, 3.63) is 58.7 Å². The first-order valence-corrected chi connectivity index (χ1v) is 7.54. The van der Waals surface area contributed by atoms with Crippen molar-refractivity contribution in [1.82, 2.24) is 0 Å². The third kappa shape index (κ3) is 1.79. The normalized spacial score (nSPS) is 31.6. The van der Waals surface area contributed by atoms with E-state index in [1.807, 2.05) is 0 Å². The SMILES string of the molecule is CO[C@]12C=C(C3=CCCCC3)[C@H](O1)c1ccccc1C2. The van der Waals surface area contributed by atoms with Gasteiger partial charge in [-0.25, -0.2) is 0 Å². The van der Waals surface area contributed by atoms with E-state index in [9.17, 15) is 0 Å². The molecule has 4 rings (SSSR count). The van der Waals surface area contributed by atoms with Gasteiger partial charge in [-0.05, 0) is 54.0 Å². The molecule has 0 N–H and O–H groups in total. The van der Waals surface area contributed by atoms with E-state index in [4.69, 9.17) is 9.47 Å². The average molecular weight is 268 g/mol. The summed E-state index contributed by atoms with van der Waals surface area (Å²) in [5, 5.41) is 0. The van der Waals surface area contributed by atoms with Crippen molar-refractivity contribution >= 4 is 0 Å². The van der Waals surface area contributed by atoms with Gasteiger partial charge in [-0.1, -0.05) is 30.3 Å². The van der Waals surface area contributed by atoms with E-state index in [1.54, 1.807) is 7.11 Å². The summed E-state index contributed by atoms with van der Waals surface area (Å²) in [6.07, 6.45) is 10.5. The number of hydrogen-bond acceptors (Lipinski definition) is 2. The van der Waals surface area contributed by atoms with Crippen LogP contribution in [0.15, 0.2) is 47.6 Å². The lowest BCUT2D eigenvalue weighted by Gasteiger charge is -2.34.